The average molecular weight is 487 g/mol. The number of ether oxygens (including phenoxy) is 1. The van der Waals surface area contributed by atoms with Crippen LogP contribution < -0.4 is 16.4 Å². The summed E-state index contributed by atoms with van der Waals surface area (Å²) in [7, 11) is 0. The van der Waals surface area contributed by atoms with Gasteiger partial charge in [-0.2, -0.15) is 13.2 Å². The zero-order chi connectivity index (χ0) is 24.4. The van der Waals surface area contributed by atoms with Crippen LogP contribution in [0.5, 0.6) is 0 Å². The molecule has 0 fully saturated rings. The number of fused-ring (bicyclic) bond motifs is 1. The van der Waals surface area contributed by atoms with Crippen molar-refractivity contribution in [3.05, 3.63) is 51.7 Å². The van der Waals surface area contributed by atoms with Crippen LogP contribution in [0.3, 0.4) is 0 Å². The van der Waals surface area contributed by atoms with Crippen molar-refractivity contribution in [2.75, 3.05) is 11.9 Å². The lowest BCUT2D eigenvalue weighted by molar-refractivity contribution is -0.204. The van der Waals surface area contributed by atoms with E-state index in [4.69, 9.17) is 5.73 Å². The van der Waals surface area contributed by atoms with E-state index in [1.807, 2.05) is 5.32 Å². The first-order valence-electron chi connectivity index (χ1n) is 10.0. The maximum atomic E-state index is 14.4. The average Bonchev–Trinajstić information content (AvgIpc) is 3.10. The van der Waals surface area contributed by atoms with Crippen molar-refractivity contribution in [2.24, 2.45) is 5.73 Å². The lowest BCUT2D eigenvalue weighted by Crippen LogP contribution is -2.69. The van der Waals surface area contributed by atoms with E-state index in [0.29, 0.717) is 23.3 Å². The largest absolute Gasteiger partial charge is 0.463 e. The van der Waals surface area contributed by atoms with Crippen molar-refractivity contribution >= 4 is 34.1 Å². The molecule has 2 aromatic rings. The van der Waals surface area contributed by atoms with E-state index in [2.05, 4.69) is 4.74 Å². The molecule has 33 heavy (non-hydrogen) atoms. The molecular weight excluding hydrogens is 466 g/mol. The summed E-state index contributed by atoms with van der Waals surface area (Å²) < 4.78 is 61.5. The third kappa shape index (κ3) is 4.80. The van der Waals surface area contributed by atoms with Crippen molar-refractivity contribution in [2.45, 2.75) is 44.4 Å². The van der Waals surface area contributed by atoms with E-state index in [9.17, 15) is 31.9 Å². The zero-order valence-corrected chi connectivity index (χ0v) is 18.3. The molecule has 0 radical (unpaired) electrons. The maximum absolute atomic E-state index is 14.4. The summed E-state index contributed by atoms with van der Waals surface area (Å²) in [4.78, 5) is 38.1. The zero-order valence-electron chi connectivity index (χ0n) is 17.5. The molecule has 1 atom stereocenters. The number of nitrogens with one attached hydrogen (secondary N) is 2. The van der Waals surface area contributed by atoms with Gasteiger partial charge >= 0.3 is 17.8 Å². The van der Waals surface area contributed by atoms with Crippen LogP contribution in [-0.4, -0.2) is 36.2 Å². The van der Waals surface area contributed by atoms with Gasteiger partial charge < -0.3 is 21.1 Å². The number of carbonyl (C=O) groups is 3. The molecule has 7 nitrogen and oxygen atoms in total. The number of alkyl halides is 3. The highest BCUT2D eigenvalue weighted by Gasteiger charge is 2.64. The molecule has 0 spiro atoms. The Morgan fingerprint density at radius 2 is 1.88 bits per heavy atom. The van der Waals surface area contributed by atoms with E-state index in [1.54, 1.807) is 5.32 Å². The molecule has 0 bridgehead atoms. The quantitative estimate of drug-likeness (QED) is 0.314. The molecule has 0 unspecified atom stereocenters. The van der Waals surface area contributed by atoms with E-state index in [1.165, 1.54) is 6.92 Å². The number of hydrogen-bond acceptors (Lipinski definition) is 6. The highest BCUT2D eigenvalue weighted by Crippen LogP contribution is 2.42. The molecule has 4 N–H and O–H groups in total. The fourth-order valence-electron chi connectivity index (χ4n) is 3.59. The molecule has 178 valence electrons. The standard InChI is InChI=1S/C21H21F4N3O4S/c1-2-32-19(31)20(21(23,24)25,27-17(30)11-6-5-7-12(22)10-11)28-18-15(16(26)29)13-8-3-4-9-14(13)33-18/h5-7,10,28H,2-4,8-9H2,1H3,(H2,26,29)(H,27,30)/t20-/m0/s1. The van der Waals surface area contributed by atoms with Gasteiger partial charge in [-0.1, -0.05) is 6.07 Å². The Kier molecular flexibility index (Phi) is 6.96. The number of rotatable bonds is 7. The first kappa shape index (κ1) is 24.5. The lowest BCUT2D eigenvalue weighted by atomic mass is 9.95. The monoisotopic (exact) mass is 487 g/mol. The summed E-state index contributed by atoms with van der Waals surface area (Å²) in [6.45, 7) is 0.879. The second kappa shape index (κ2) is 9.38. The number of aryl methyl sites for hydroxylation is 1. The fraction of sp³-hybridized carbons (Fsp3) is 0.381. The van der Waals surface area contributed by atoms with E-state index in [-0.39, 0.29) is 10.6 Å². The molecule has 3 rings (SSSR count). The number of nitrogens with two attached hydrogens (primary N) is 1. The van der Waals surface area contributed by atoms with Gasteiger partial charge in [-0.05, 0) is 56.4 Å². The molecule has 1 aliphatic rings. The SMILES string of the molecule is CCOC(=O)[C@](NC(=O)c1cccc(F)c1)(Nc1sc2c(c1C(N)=O)CCCC2)C(F)(F)F. The van der Waals surface area contributed by atoms with Gasteiger partial charge in [0.2, 0.25) is 0 Å². The smallest absolute Gasteiger partial charge is 0.441 e. The first-order chi connectivity index (χ1) is 15.5. The van der Waals surface area contributed by atoms with Crippen LogP contribution in [0.15, 0.2) is 24.3 Å². The minimum atomic E-state index is -5.42. The number of hydrogen-bond donors (Lipinski definition) is 3. The van der Waals surface area contributed by atoms with E-state index in [0.717, 1.165) is 48.4 Å². The van der Waals surface area contributed by atoms with Crippen LogP contribution in [0.2, 0.25) is 0 Å². The summed E-state index contributed by atoms with van der Waals surface area (Å²) in [5.41, 5.74) is 1.61. The second-order valence-electron chi connectivity index (χ2n) is 7.34. The van der Waals surface area contributed by atoms with Gasteiger partial charge in [0.15, 0.2) is 0 Å². The van der Waals surface area contributed by atoms with Crippen LogP contribution in [-0.2, 0) is 22.4 Å². The number of amides is 2. The number of benzene rings is 1. The van der Waals surface area contributed by atoms with Gasteiger partial charge in [-0.25, -0.2) is 9.18 Å². The number of carbonyl (C=O) groups excluding carboxylic acids is 3. The predicted octanol–water partition coefficient (Wildman–Crippen LogP) is 3.53. The normalized spacial score (nSPS) is 15.2. The first-order valence-corrected chi connectivity index (χ1v) is 10.9. The van der Waals surface area contributed by atoms with Crippen molar-refractivity contribution in [1.82, 2.24) is 5.32 Å². The number of esters is 1. The van der Waals surface area contributed by atoms with Gasteiger partial charge in [0.1, 0.15) is 10.8 Å². The van der Waals surface area contributed by atoms with Crippen molar-refractivity contribution < 1.29 is 36.7 Å². The Hall–Kier alpha value is -3.15. The summed E-state index contributed by atoms with van der Waals surface area (Å²) in [5, 5.41) is 3.36. The Bertz CT molecular complexity index is 1090. The van der Waals surface area contributed by atoms with Gasteiger partial charge in [0, 0.05) is 10.4 Å². The number of halogens is 4. The molecule has 1 aromatic heterocycles. The van der Waals surface area contributed by atoms with Crippen LogP contribution in [0, 0.1) is 5.82 Å². The topological polar surface area (TPSA) is 111 Å². The third-order valence-corrected chi connectivity index (χ3v) is 6.32. The molecule has 2 amide bonds. The highest BCUT2D eigenvalue weighted by atomic mass is 32.1. The van der Waals surface area contributed by atoms with E-state index < -0.39 is 47.6 Å². The minimum absolute atomic E-state index is 0.160. The van der Waals surface area contributed by atoms with Gasteiger partial charge in [-0.15, -0.1) is 11.3 Å². The van der Waals surface area contributed by atoms with Crippen molar-refractivity contribution in [1.29, 1.82) is 0 Å². The van der Waals surface area contributed by atoms with Crippen LogP contribution in [0.1, 0.15) is 50.9 Å². The second-order valence-corrected chi connectivity index (χ2v) is 8.44. The Labute approximate surface area is 190 Å². The van der Waals surface area contributed by atoms with E-state index >= 15 is 0 Å². The molecule has 0 aliphatic heterocycles. The van der Waals surface area contributed by atoms with Crippen molar-refractivity contribution in [3.8, 4) is 0 Å². The molecule has 1 heterocycles. The fourth-order valence-corrected chi connectivity index (χ4v) is 4.94. The molecule has 0 saturated carbocycles. The molecule has 1 aromatic carbocycles. The maximum Gasteiger partial charge on any atom is 0.441 e. The van der Waals surface area contributed by atoms with Crippen LogP contribution >= 0.6 is 11.3 Å². The molecular formula is C21H21F4N3O4S. The summed E-state index contributed by atoms with van der Waals surface area (Å²) in [6, 6.07) is 3.95. The van der Waals surface area contributed by atoms with Crippen molar-refractivity contribution in [3.63, 3.8) is 0 Å². The summed E-state index contributed by atoms with van der Waals surface area (Å²) in [6.07, 6.45) is -2.93. The summed E-state index contributed by atoms with van der Waals surface area (Å²) in [5.74, 6) is -5.04. The Morgan fingerprint density at radius 3 is 2.48 bits per heavy atom. The van der Waals surface area contributed by atoms with Crippen LogP contribution in [0.4, 0.5) is 22.6 Å². The minimum Gasteiger partial charge on any atom is -0.463 e. The van der Waals surface area contributed by atoms with Crippen LogP contribution in [0.25, 0.3) is 0 Å². The number of primary amides is 1. The molecule has 1 aliphatic carbocycles. The third-order valence-electron chi connectivity index (χ3n) is 5.11. The number of anilines is 1. The predicted molar refractivity (Wildman–Crippen MR) is 112 cm³/mol. The number of thiophene rings is 1. The molecule has 0 saturated heterocycles. The Morgan fingerprint density at radius 1 is 1.18 bits per heavy atom. The highest BCUT2D eigenvalue weighted by molar-refractivity contribution is 7.16. The lowest BCUT2D eigenvalue weighted by Gasteiger charge is -2.35. The Balaban J connectivity index is 2.13. The van der Waals surface area contributed by atoms with Gasteiger partial charge in [0.05, 0.1) is 12.2 Å². The molecule has 12 heteroatoms. The van der Waals surface area contributed by atoms with Gasteiger partial charge in [0.25, 0.3) is 11.8 Å². The van der Waals surface area contributed by atoms with Gasteiger partial charge in [-0.3, -0.25) is 9.59 Å². The summed E-state index contributed by atoms with van der Waals surface area (Å²) >= 11 is 0.863.